The number of nitrogens with one attached hydrogen (secondary N) is 1. The van der Waals surface area contributed by atoms with Crippen molar-refractivity contribution in [2.75, 3.05) is 13.1 Å². The Kier molecular flexibility index (Phi) is 5.11. The molecule has 6 heteroatoms. The third-order valence-electron chi connectivity index (χ3n) is 5.39. The van der Waals surface area contributed by atoms with Gasteiger partial charge in [-0.3, -0.25) is 9.59 Å². The third-order valence-corrected chi connectivity index (χ3v) is 6.09. The van der Waals surface area contributed by atoms with Gasteiger partial charge in [-0.05, 0) is 60.2 Å². The molecule has 2 aromatic heterocycles. The molecule has 1 atom stereocenters. The number of aromatic nitrogens is 1. The van der Waals surface area contributed by atoms with Crippen molar-refractivity contribution in [2.24, 2.45) is 5.92 Å². The van der Waals surface area contributed by atoms with E-state index in [0.29, 0.717) is 12.3 Å². The van der Waals surface area contributed by atoms with Crippen LogP contribution in [0.4, 0.5) is 0 Å². The molecule has 138 valence electrons. The van der Waals surface area contributed by atoms with E-state index >= 15 is 0 Å². The second kappa shape index (κ2) is 7.66. The van der Waals surface area contributed by atoms with Gasteiger partial charge in [-0.2, -0.15) is 11.3 Å². The van der Waals surface area contributed by atoms with E-state index in [0.717, 1.165) is 38.8 Å². The minimum absolute atomic E-state index is 0.0350. The lowest BCUT2D eigenvalue weighted by molar-refractivity contribution is -0.133. The van der Waals surface area contributed by atoms with Crippen molar-refractivity contribution in [1.82, 2.24) is 14.8 Å². The van der Waals surface area contributed by atoms with Crippen LogP contribution in [0.5, 0.6) is 0 Å². The zero-order valence-corrected chi connectivity index (χ0v) is 15.7. The zero-order chi connectivity index (χ0) is 17.9. The molecule has 1 saturated heterocycles. The van der Waals surface area contributed by atoms with Gasteiger partial charge in [0, 0.05) is 37.4 Å². The molecular formula is C20H25N3O2S. The lowest BCUT2D eigenvalue weighted by Crippen LogP contribution is -2.47. The van der Waals surface area contributed by atoms with Crippen molar-refractivity contribution < 1.29 is 9.59 Å². The summed E-state index contributed by atoms with van der Waals surface area (Å²) in [4.78, 5) is 26.8. The molecule has 1 N–H and O–H groups in total. The highest BCUT2D eigenvalue weighted by atomic mass is 32.1. The second-order valence-corrected chi connectivity index (χ2v) is 8.13. The number of carbonyl (C=O) groups excluding carboxylic acids is 2. The normalized spacial score (nSPS) is 19.3. The molecule has 26 heavy (non-hydrogen) atoms. The van der Waals surface area contributed by atoms with Gasteiger partial charge in [0.05, 0.1) is 12.5 Å². The molecule has 1 aliphatic heterocycles. The average molecular weight is 372 g/mol. The molecule has 4 rings (SSSR count). The Balaban J connectivity index is 1.31. The van der Waals surface area contributed by atoms with Gasteiger partial charge in [-0.25, -0.2) is 0 Å². The SMILES string of the molecule is O=C(C[C@@H](c1ccsc1)n1cccc1)NC1CCN(C(=O)C2CC2)CC1. The number of thiophene rings is 1. The fourth-order valence-corrected chi connectivity index (χ4v) is 4.42. The number of amides is 2. The molecule has 5 nitrogen and oxygen atoms in total. The first-order chi connectivity index (χ1) is 12.7. The van der Waals surface area contributed by atoms with Crippen LogP contribution < -0.4 is 5.32 Å². The number of piperidine rings is 1. The fourth-order valence-electron chi connectivity index (χ4n) is 3.71. The summed E-state index contributed by atoms with van der Waals surface area (Å²) in [6, 6.07) is 6.28. The Morgan fingerprint density at radius 3 is 2.50 bits per heavy atom. The van der Waals surface area contributed by atoms with Crippen LogP contribution in [0.25, 0.3) is 0 Å². The highest BCUT2D eigenvalue weighted by Crippen LogP contribution is 2.32. The quantitative estimate of drug-likeness (QED) is 0.848. The van der Waals surface area contributed by atoms with E-state index < -0.39 is 0 Å². The maximum Gasteiger partial charge on any atom is 0.225 e. The molecule has 0 aromatic carbocycles. The first-order valence-electron chi connectivity index (χ1n) is 9.43. The van der Waals surface area contributed by atoms with E-state index in [1.54, 1.807) is 11.3 Å². The number of carbonyl (C=O) groups is 2. The summed E-state index contributed by atoms with van der Waals surface area (Å²) in [5.41, 5.74) is 1.17. The van der Waals surface area contributed by atoms with Gasteiger partial charge in [0.1, 0.15) is 0 Å². The van der Waals surface area contributed by atoms with Crippen LogP contribution in [-0.2, 0) is 9.59 Å². The highest BCUT2D eigenvalue weighted by molar-refractivity contribution is 7.08. The summed E-state index contributed by atoms with van der Waals surface area (Å²) in [5, 5.41) is 7.35. The van der Waals surface area contributed by atoms with Gasteiger partial charge in [0.2, 0.25) is 11.8 Å². The van der Waals surface area contributed by atoms with Crippen molar-refractivity contribution in [3.05, 3.63) is 46.9 Å². The maximum atomic E-state index is 12.6. The fraction of sp³-hybridized carbons (Fsp3) is 0.500. The molecule has 0 bridgehead atoms. The third kappa shape index (κ3) is 4.01. The number of nitrogens with zero attached hydrogens (tertiary/aromatic N) is 2. The van der Waals surface area contributed by atoms with E-state index in [9.17, 15) is 9.59 Å². The summed E-state index contributed by atoms with van der Waals surface area (Å²) in [6.07, 6.45) is 8.28. The first kappa shape index (κ1) is 17.3. The Bertz CT molecular complexity index is 695. The minimum atomic E-state index is 0.0350. The molecule has 1 aliphatic carbocycles. The van der Waals surface area contributed by atoms with E-state index in [4.69, 9.17) is 0 Å². The molecular weight excluding hydrogens is 346 g/mol. The average Bonchev–Trinajstić information content (AvgIpc) is 3.12. The largest absolute Gasteiger partial charge is 0.353 e. The van der Waals surface area contributed by atoms with Gasteiger partial charge in [-0.15, -0.1) is 0 Å². The molecule has 0 unspecified atom stereocenters. The van der Waals surface area contributed by atoms with E-state index in [1.807, 2.05) is 29.4 Å². The molecule has 2 amide bonds. The standard InChI is InChI=1S/C20H25N3O2S/c24-19(13-18(16-7-12-26-14-16)22-8-1-2-9-22)21-17-5-10-23(11-6-17)20(25)15-3-4-15/h1-2,7-9,12,14-15,17-18H,3-6,10-11,13H2,(H,21,24)/t18-/m0/s1. The van der Waals surface area contributed by atoms with Crippen molar-refractivity contribution in [2.45, 2.75) is 44.2 Å². The minimum Gasteiger partial charge on any atom is -0.353 e. The van der Waals surface area contributed by atoms with Crippen LogP contribution >= 0.6 is 11.3 Å². The maximum absolute atomic E-state index is 12.6. The summed E-state index contributed by atoms with van der Waals surface area (Å²) < 4.78 is 2.10. The number of hydrogen-bond donors (Lipinski definition) is 1. The Morgan fingerprint density at radius 2 is 1.88 bits per heavy atom. The van der Waals surface area contributed by atoms with Crippen LogP contribution in [0, 0.1) is 5.92 Å². The zero-order valence-electron chi connectivity index (χ0n) is 14.8. The topological polar surface area (TPSA) is 54.3 Å². The number of rotatable bonds is 6. The Hall–Kier alpha value is -2.08. The van der Waals surface area contributed by atoms with Crippen molar-refractivity contribution in [1.29, 1.82) is 0 Å². The van der Waals surface area contributed by atoms with Crippen molar-refractivity contribution >= 4 is 23.2 Å². The van der Waals surface area contributed by atoms with Gasteiger partial charge >= 0.3 is 0 Å². The van der Waals surface area contributed by atoms with Crippen LogP contribution in [0.3, 0.4) is 0 Å². The lowest BCUT2D eigenvalue weighted by Gasteiger charge is -2.33. The molecule has 0 radical (unpaired) electrons. The lowest BCUT2D eigenvalue weighted by atomic mass is 10.0. The molecule has 0 spiro atoms. The van der Waals surface area contributed by atoms with Crippen LogP contribution in [0.15, 0.2) is 41.4 Å². The van der Waals surface area contributed by atoms with Gasteiger partial charge in [0.25, 0.3) is 0 Å². The van der Waals surface area contributed by atoms with Crippen LogP contribution in [0.1, 0.15) is 43.7 Å². The summed E-state index contributed by atoms with van der Waals surface area (Å²) >= 11 is 1.66. The molecule has 2 fully saturated rings. The van der Waals surface area contributed by atoms with Crippen LogP contribution in [0.2, 0.25) is 0 Å². The smallest absolute Gasteiger partial charge is 0.225 e. The predicted molar refractivity (Wildman–Crippen MR) is 102 cm³/mol. The van der Waals surface area contributed by atoms with Gasteiger partial charge in [-0.1, -0.05) is 0 Å². The van der Waals surface area contributed by atoms with E-state index in [1.165, 1.54) is 5.56 Å². The predicted octanol–water partition coefficient (Wildman–Crippen LogP) is 3.05. The number of hydrogen-bond acceptors (Lipinski definition) is 3. The summed E-state index contributed by atoms with van der Waals surface area (Å²) in [7, 11) is 0. The summed E-state index contributed by atoms with van der Waals surface area (Å²) in [5.74, 6) is 0.691. The van der Waals surface area contributed by atoms with Crippen LogP contribution in [-0.4, -0.2) is 40.4 Å². The first-order valence-corrected chi connectivity index (χ1v) is 10.4. The highest BCUT2D eigenvalue weighted by Gasteiger charge is 2.35. The van der Waals surface area contributed by atoms with Gasteiger partial charge in [0.15, 0.2) is 0 Å². The Morgan fingerprint density at radius 1 is 1.15 bits per heavy atom. The van der Waals surface area contributed by atoms with E-state index in [2.05, 4.69) is 26.7 Å². The van der Waals surface area contributed by atoms with Crippen molar-refractivity contribution in [3.8, 4) is 0 Å². The molecule has 2 aliphatic rings. The monoisotopic (exact) mass is 371 g/mol. The molecule has 3 heterocycles. The molecule has 2 aromatic rings. The van der Waals surface area contributed by atoms with Gasteiger partial charge < -0.3 is 14.8 Å². The Labute approximate surface area is 158 Å². The summed E-state index contributed by atoms with van der Waals surface area (Å²) in [6.45, 7) is 1.54. The number of likely N-dealkylation sites (tertiary alicyclic amines) is 1. The molecule has 1 saturated carbocycles. The van der Waals surface area contributed by atoms with Crippen molar-refractivity contribution in [3.63, 3.8) is 0 Å². The second-order valence-electron chi connectivity index (χ2n) is 7.35. The van der Waals surface area contributed by atoms with E-state index in [-0.39, 0.29) is 23.9 Å².